The third-order valence-corrected chi connectivity index (χ3v) is 10.5. The highest BCUT2D eigenvalue weighted by Gasteiger charge is 2.34. The summed E-state index contributed by atoms with van der Waals surface area (Å²) in [7, 11) is 2.06. The second-order valence-electron chi connectivity index (χ2n) is 10.8. The van der Waals surface area contributed by atoms with Crippen molar-refractivity contribution >= 4 is 15.9 Å². The van der Waals surface area contributed by atoms with Crippen LogP contribution in [0.5, 0.6) is 5.75 Å². The highest BCUT2D eigenvalue weighted by molar-refractivity contribution is 7.89. The second-order valence-corrected chi connectivity index (χ2v) is 12.7. The number of ether oxygens (including phenoxy) is 2. The summed E-state index contributed by atoms with van der Waals surface area (Å²) in [6.45, 7) is 7.11. The largest absolute Gasteiger partial charge is 0.497 e. The van der Waals surface area contributed by atoms with E-state index in [1.54, 1.807) is 20.1 Å². The molecule has 37 heavy (non-hydrogen) atoms. The first-order valence-electron chi connectivity index (χ1n) is 13.6. The van der Waals surface area contributed by atoms with Gasteiger partial charge in [-0.25, -0.2) is 8.42 Å². The monoisotopic (exact) mass is 536 g/mol. The third-order valence-electron chi connectivity index (χ3n) is 8.33. The standard InChI is InChI=1S/C27H44N4O5S/c1-21-17-25(35-4)18-22-9-12-31(37(33,34)27(21)22)15-16-36-20-26(32)29(3)23-7-5-8-24(19-23)30-11-6-10-28(2)13-14-30/h17-18,23-24H,5-16,19-20H2,1-4H3/t23?,24-/m1/s1. The van der Waals surface area contributed by atoms with Crippen LogP contribution in [0.1, 0.15) is 43.2 Å². The van der Waals surface area contributed by atoms with Crippen molar-refractivity contribution in [1.82, 2.24) is 19.0 Å². The maximum atomic E-state index is 13.2. The van der Waals surface area contributed by atoms with Crippen molar-refractivity contribution in [2.45, 2.75) is 62.4 Å². The molecule has 1 saturated carbocycles. The van der Waals surface area contributed by atoms with Gasteiger partial charge in [-0.1, -0.05) is 0 Å². The van der Waals surface area contributed by atoms with Crippen LogP contribution < -0.4 is 4.74 Å². The van der Waals surface area contributed by atoms with Crippen molar-refractivity contribution in [2.75, 3.05) is 73.7 Å². The fourth-order valence-corrected chi connectivity index (χ4v) is 7.96. The molecule has 0 spiro atoms. The Kier molecular flexibility index (Phi) is 9.50. The van der Waals surface area contributed by atoms with E-state index >= 15 is 0 Å². The van der Waals surface area contributed by atoms with Crippen LogP contribution in [0, 0.1) is 6.92 Å². The van der Waals surface area contributed by atoms with Gasteiger partial charge in [0.25, 0.3) is 0 Å². The van der Waals surface area contributed by atoms with E-state index in [-0.39, 0.29) is 31.7 Å². The predicted octanol–water partition coefficient (Wildman–Crippen LogP) is 1.97. The van der Waals surface area contributed by atoms with E-state index in [1.165, 1.54) is 17.1 Å². The summed E-state index contributed by atoms with van der Waals surface area (Å²) in [6.07, 6.45) is 6.22. The topological polar surface area (TPSA) is 82.6 Å². The summed E-state index contributed by atoms with van der Waals surface area (Å²) in [5.74, 6) is 0.644. The lowest BCUT2D eigenvalue weighted by Gasteiger charge is -2.40. The van der Waals surface area contributed by atoms with Crippen LogP contribution in [0.25, 0.3) is 0 Å². The van der Waals surface area contributed by atoms with Crippen LogP contribution in [0.4, 0.5) is 0 Å². The number of sulfonamides is 1. The van der Waals surface area contributed by atoms with Crippen molar-refractivity contribution in [2.24, 2.45) is 0 Å². The van der Waals surface area contributed by atoms with Crippen LogP contribution in [-0.4, -0.2) is 119 Å². The third kappa shape index (κ3) is 6.65. The van der Waals surface area contributed by atoms with Gasteiger partial charge < -0.3 is 19.3 Å². The summed E-state index contributed by atoms with van der Waals surface area (Å²) in [5.41, 5.74) is 1.48. The molecule has 0 aromatic heterocycles. The highest BCUT2D eigenvalue weighted by atomic mass is 32.2. The van der Waals surface area contributed by atoms with Gasteiger partial charge in [0, 0.05) is 45.3 Å². The van der Waals surface area contributed by atoms with Crippen LogP contribution in [-0.2, 0) is 26.0 Å². The number of carbonyl (C=O) groups excluding carboxylic acids is 1. The SMILES string of the molecule is COc1cc(C)c2c(c1)CCN(CCOCC(=O)N(C)C1CCC[C@@H](N3CCCN(C)CC3)C1)S2(=O)=O. The molecule has 1 aromatic carbocycles. The van der Waals surface area contributed by atoms with E-state index in [9.17, 15) is 13.2 Å². The molecular formula is C27H44N4O5S. The number of hydrogen-bond acceptors (Lipinski definition) is 7. The first-order chi connectivity index (χ1) is 17.7. The van der Waals surface area contributed by atoms with E-state index in [1.807, 2.05) is 18.0 Å². The molecule has 0 bridgehead atoms. The molecule has 10 heteroatoms. The lowest BCUT2D eigenvalue weighted by atomic mass is 9.89. The predicted molar refractivity (Wildman–Crippen MR) is 144 cm³/mol. The van der Waals surface area contributed by atoms with Gasteiger partial charge in [0.05, 0.1) is 18.6 Å². The number of aryl methyl sites for hydroxylation is 1. The minimum Gasteiger partial charge on any atom is -0.497 e. The minimum atomic E-state index is -3.60. The van der Waals surface area contributed by atoms with Gasteiger partial charge in [0.1, 0.15) is 12.4 Å². The number of hydrogen-bond donors (Lipinski definition) is 0. The van der Waals surface area contributed by atoms with Gasteiger partial charge in [-0.3, -0.25) is 9.69 Å². The quantitative estimate of drug-likeness (QED) is 0.470. The van der Waals surface area contributed by atoms with Crippen LogP contribution in [0.3, 0.4) is 0 Å². The first-order valence-corrected chi connectivity index (χ1v) is 15.1. The molecule has 0 radical (unpaired) electrons. The van der Waals surface area contributed by atoms with Gasteiger partial charge in [-0.15, -0.1) is 0 Å². The van der Waals surface area contributed by atoms with Gasteiger partial charge in [-0.2, -0.15) is 4.31 Å². The Morgan fingerprint density at radius 2 is 1.92 bits per heavy atom. The maximum absolute atomic E-state index is 13.2. The van der Waals surface area contributed by atoms with E-state index in [4.69, 9.17) is 9.47 Å². The lowest BCUT2D eigenvalue weighted by molar-refractivity contribution is -0.138. The summed E-state index contributed by atoms with van der Waals surface area (Å²) < 4.78 is 38.9. The highest BCUT2D eigenvalue weighted by Crippen LogP contribution is 2.32. The minimum absolute atomic E-state index is 0.0210. The van der Waals surface area contributed by atoms with Crippen molar-refractivity contribution in [3.8, 4) is 5.75 Å². The first kappa shape index (κ1) is 28.3. The zero-order chi connectivity index (χ0) is 26.6. The maximum Gasteiger partial charge on any atom is 0.248 e. The number of nitrogens with zero attached hydrogens (tertiary/aromatic N) is 4. The second kappa shape index (κ2) is 12.4. The Morgan fingerprint density at radius 3 is 2.70 bits per heavy atom. The van der Waals surface area contributed by atoms with Crippen LogP contribution in [0.2, 0.25) is 0 Å². The number of methoxy groups -OCH3 is 1. The molecule has 2 aliphatic heterocycles. The molecule has 4 rings (SSSR count). The zero-order valence-corrected chi connectivity index (χ0v) is 23.8. The Hall–Kier alpha value is -1.72. The van der Waals surface area contributed by atoms with E-state index in [0.29, 0.717) is 35.2 Å². The molecule has 3 aliphatic rings. The van der Waals surface area contributed by atoms with Gasteiger partial charge in [-0.05, 0) is 88.8 Å². The Morgan fingerprint density at radius 1 is 1.11 bits per heavy atom. The molecular weight excluding hydrogens is 492 g/mol. The molecule has 2 atom stereocenters. The summed E-state index contributed by atoms with van der Waals surface area (Å²) >= 11 is 0. The number of amides is 1. The normalized spacial score (nSPS) is 25.3. The van der Waals surface area contributed by atoms with Crippen molar-refractivity contribution in [3.05, 3.63) is 23.3 Å². The molecule has 1 aromatic rings. The number of benzene rings is 1. The Bertz CT molecular complexity index is 1050. The Balaban J connectivity index is 1.25. The smallest absolute Gasteiger partial charge is 0.248 e. The average Bonchev–Trinajstić information content (AvgIpc) is 3.10. The van der Waals surface area contributed by atoms with E-state index in [2.05, 4.69) is 16.8 Å². The van der Waals surface area contributed by atoms with E-state index in [0.717, 1.165) is 51.0 Å². The molecule has 2 fully saturated rings. The molecule has 1 amide bonds. The molecule has 0 N–H and O–H groups in total. The fourth-order valence-electron chi connectivity index (χ4n) is 6.10. The van der Waals surface area contributed by atoms with Gasteiger partial charge >= 0.3 is 0 Å². The molecule has 1 unspecified atom stereocenters. The average molecular weight is 537 g/mol. The number of carbonyl (C=O) groups is 1. The molecule has 1 saturated heterocycles. The molecule has 1 aliphatic carbocycles. The summed E-state index contributed by atoms with van der Waals surface area (Å²) in [4.78, 5) is 20.2. The van der Waals surface area contributed by atoms with Crippen molar-refractivity contribution in [3.63, 3.8) is 0 Å². The summed E-state index contributed by atoms with van der Waals surface area (Å²) in [6, 6.07) is 4.33. The molecule has 2 heterocycles. The molecule has 208 valence electrons. The fraction of sp³-hybridized carbons (Fsp3) is 0.741. The number of rotatable bonds is 8. The number of fused-ring (bicyclic) bond motifs is 1. The number of likely N-dealkylation sites (N-methyl/N-ethyl adjacent to an activating group) is 2. The van der Waals surface area contributed by atoms with Crippen molar-refractivity contribution in [1.29, 1.82) is 0 Å². The van der Waals surface area contributed by atoms with Gasteiger partial charge in [0.2, 0.25) is 15.9 Å². The zero-order valence-electron chi connectivity index (χ0n) is 22.9. The lowest BCUT2D eigenvalue weighted by Crippen LogP contribution is -2.48. The Labute approximate surface area is 222 Å². The van der Waals surface area contributed by atoms with Crippen LogP contribution >= 0.6 is 0 Å². The van der Waals surface area contributed by atoms with Crippen molar-refractivity contribution < 1.29 is 22.7 Å². The van der Waals surface area contributed by atoms with Crippen LogP contribution in [0.15, 0.2) is 17.0 Å². The molecule has 9 nitrogen and oxygen atoms in total. The summed E-state index contributed by atoms with van der Waals surface area (Å²) in [5, 5.41) is 0. The van der Waals surface area contributed by atoms with E-state index < -0.39 is 10.0 Å². The van der Waals surface area contributed by atoms with Gasteiger partial charge in [0.15, 0.2) is 0 Å².